The van der Waals surface area contributed by atoms with E-state index in [0.29, 0.717) is 30.3 Å². The van der Waals surface area contributed by atoms with E-state index in [4.69, 9.17) is 4.42 Å². The van der Waals surface area contributed by atoms with Gasteiger partial charge in [0.1, 0.15) is 0 Å². The van der Waals surface area contributed by atoms with Gasteiger partial charge < -0.3 is 20.0 Å². The fourth-order valence-electron chi connectivity index (χ4n) is 3.09. The largest absolute Gasteiger partial charge is 0.459 e. The minimum Gasteiger partial charge on any atom is -0.459 e. The summed E-state index contributed by atoms with van der Waals surface area (Å²) >= 11 is 0. The fourth-order valence-corrected chi connectivity index (χ4v) is 3.09. The topological polar surface area (TPSA) is 57.5 Å². The zero-order valence-corrected chi connectivity index (χ0v) is 14.2. The van der Waals surface area contributed by atoms with E-state index < -0.39 is 0 Å². The summed E-state index contributed by atoms with van der Waals surface area (Å²) in [5, 5.41) is 6.55. The van der Waals surface area contributed by atoms with Gasteiger partial charge in [0.15, 0.2) is 5.76 Å². The minimum absolute atomic E-state index is 0.121. The summed E-state index contributed by atoms with van der Waals surface area (Å²) in [6.45, 7) is 9.22. The Morgan fingerprint density at radius 3 is 2.86 bits per heavy atom. The summed E-state index contributed by atoms with van der Waals surface area (Å²) in [7, 11) is 2.20. The second kappa shape index (κ2) is 7.79. The Morgan fingerprint density at radius 1 is 1.41 bits per heavy atom. The molecule has 2 rings (SSSR count). The first-order valence-electron chi connectivity index (χ1n) is 8.25. The normalized spacial score (nSPS) is 26.1. The van der Waals surface area contributed by atoms with Gasteiger partial charge in [0.2, 0.25) is 0 Å². The van der Waals surface area contributed by atoms with Crippen molar-refractivity contribution in [1.29, 1.82) is 0 Å². The Kier molecular flexibility index (Phi) is 6.03. The molecule has 5 nitrogen and oxygen atoms in total. The molecular weight excluding hydrogens is 278 g/mol. The number of nitrogens with one attached hydrogen (secondary N) is 2. The number of rotatable bonds is 6. The average Bonchev–Trinajstić information content (AvgIpc) is 2.90. The molecule has 1 aliphatic heterocycles. The molecule has 1 aromatic rings. The van der Waals surface area contributed by atoms with Gasteiger partial charge >= 0.3 is 0 Å². The number of piperidine rings is 1. The van der Waals surface area contributed by atoms with Crippen molar-refractivity contribution in [3.63, 3.8) is 0 Å². The van der Waals surface area contributed by atoms with Crippen molar-refractivity contribution in [1.82, 2.24) is 15.5 Å². The molecule has 1 saturated heterocycles. The Labute approximate surface area is 133 Å². The maximum atomic E-state index is 11.9. The van der Waals surface area contributed by atoms with Crippen molar-refractivity contribution in [3.8, 4) is 0 Å². The van der Waals surface area contributed by atoms with Crippen LogP contribution in [-0.4, -0.2) is 49.6 Å². The molecule has 22 heavy (non-hydrogen) atoms. The molecule has 5 heteroatoms. The van der Waals surface area contributed by atoms with Crippen LogP contribution >= 0.6 is 0 Å². The number of hydrogen-bond acceptors (Lipinski definition) is 4. The third kappa shape index (κ3) is 4.34. The predicted molar refractivity (Wildman–Crippen MR) is 88.1 cm³/mol. The lowest BCUT2D eigenvalue weighted by molar-refractivity contribution is 0.0923. The van der Waals surface area contributed by atoms with Crippen LogP contribution in [0.2, 0.25) is 0 Å². The number of carbonyl (C=O) groups is 1. The van der Waals surface area contributed by atoms with Gasteiger partial charge in [-0.1, -0.05) is 6.92 Å². The molecule has 1 aromatic heterocycles. The Morgan fingerprint density at radius 2 is 2.18 bits per heavy atom. The average molecular weight is 307 g/mol. The number of hydrogen-bond donors (Lipinski definition) is 2. The van der Waals surface area contributed by atoms with Crippen molar-refractivity contribution in [2.75, 3.05) is 26.7 Å². The van der Waals surface area contributed by atoms with E-state index in [2.05, 4.69) is 36.4 Å². The quantitative estimate of drug-likeness (QED) is 0.790. The number of aryl methyl sites for hydroxylation is 1. The lowest BCUT2D eigenvalue weighted by atomic mass is 9.90. The standard InChI is InChI=1S/C17H29N3O2/c1-12-6-9-22-16(12)17(21)19-8-5-7-18-15-10-14(3)20(4)11-13(15)2/h6,9,13-15,18H,5,7-8,10-11H2,1-4H3,(H,19,21)/t13-,14-,15-/m1/s1. The van der Waals surface area contributed by atoms with Crippen LogP contribution in [0.4, 0.5) is 0 Å². The van der Waals surface area contributed by atoms with Crippen LogP contribution < -0.4 is 10.6 Å². The Hall–Kier alpha value is -1.33. The van der Waals surface area contributed by atoms with E-state index in [9.17, 15) is 4.79 Å². The van der Waals surface area contributed by atoms with Gasteiger partial charge in [0, 0.05) is 30.7 Å². The molecule has 1 fully saturated rings. The zero-order valence-electron chi connectivity index (χ0n) is 14.2. The lowest BCUT2D eigenvalue weighted by Gasteiger charge is -2.40. The number of amides is 1. The van der Waals surface area contributed by atoms with Gasteiger partial charge in [-0.3, -0.25) is 4.79 Å². The monoisotopic (exact) mass is 307 g/mol. The summed E-state index contributed by atoms with van der Waals surface area (Å²) < 4.78 is 5.18. The maximum absolute atomic E-state index is 11.9. The van der Waals surface area contributed by atoms with Crippen molar-refractivity contribution in [2.24, 2.45) is 5.92 Å². The van der Waals surface area contributed by atoms with Gasteiger partial charge in [0.05, 0.1) is 6.26 Å². The van der Waals surface area contributed by atoms with E-state index in [0.717, 1.165) is 25.1 Å². The third-order valence-corrected chi connectivity index (χ3v) is 4.72. The highest BCUT2D eigenvalue weighted by molar-refractivity contribution is 5.92. The van der Waals surface area contributed by atoms with Crippen LogP contribution in [0.5, 0.6) is 0 Å². The zero-order chi connectivity index (χ0) is 16.1. The molecule has 0 bridgehead atoms. The number of carbonyl (C=O) groups excluding carboxylic acids is 1. The molecule has 3 atom stereocenters. The molecule has 2 heterocycles. The summed E-state index contributed by atoms with van der Waals surface area (Å²) in [4.78, 5) is 14.3. The molecular formula is C17H29N3O2. The second-order valence-corrected chi connectivity index (χ2v) is 6.60. The minimum atomic E-state index is -0.121. The van der Waals surface area contributed by atoms with Crippen LogP contribution in [0, 0.1) is 12.8 Å². The van der Waals surface area contributed by atoms with E-state index in [1.807, 2.05) is 6.92 Å². The predicted octanol–water partition coefficient (Wildman–Crippen LogP) is 2.03. The number of nitrogens with zero attached hydrogens (tertiary/aromatic N) is 1. The molecule has 0 saturated carbocycles. The highest BCUT2D eigenvalue weighted by Crippen LogP contribution is 2.20. The van der Waals surface area contributed by atoms with Gasteiger partial charge in [-0.2, -0.15) is 0 Å². The third-order valence-electron chi connectivity index (χ3n) is 4.72. The van der Waals surface area contributed by atoms with Crippen LogP contribution in [0.1, 0.15) is 42.8 Å². The lowest BCUT2D eigenvalue weighted by Crippen LogP contribution is -2.51. The Balaban J connectivity index is 1.63. The summed E-state index contributed by atoms with van der Waals surface area (Å²) in [6, 6.07) is 3.02. The van der Waals surface area contributed by atoms with Gasteiger partial charge in [0.25, 0.3) is 5.91 Å². The van der Waals surface area contributed by atoms with Crippen LogP contribution in [0.3, 0.4) is 0 Å². The SMILES string of the molecule is Cc1ccoc1C(=O)NCCCN[C@@H]1C[C@@H](C)N(C)C[C@H]1C. The number of furan rings is 1. The van der Waals surface area contributed by atoms with Gasteiger partial charge in [-0.25, -0.2) is 0 Å². The van der Waals surface area contributed by atoms with E-state index >= 15 is 0 Å². The van der Waals surface area contributed by atoms with E-state index in [1.165, 1.54) is 6.42 Å². The van der Waals surface area contributed by atoms with Crippen molar-refractivity contribution >= 4 is 5.91 Å². The molecule has 0 spiro atoms. The van der Waals surface area contributed by atoms with Crippen molar-refractivity contribution in [2.45, 2.75) is 45.7 Å². The molecule has 1 amide bonds. The van der Waals surface area contributed by atoms with Gasteiger partial charge in [-0.05, 0) is 52.3 Å². The van der Waals surface area contributed by atoms with Gasteiger partial charge in [-0.15, -0.1) is 0 Å². The first-order valence-corrected chi connectivity index (χ1v) is 8.25. The first-order chi connectivity index (χ1) is 10.5. The Bertz CT molecular complexity index is 486. The molecule has 0 unspecified atom stereocenters. The molecule has 124 valence electrons. The molecule has 0 aromatic carbocycles. The van der Waals surface area contributed by atoms with Crippen LogP contribution in [-0.2, 0) is 0 Å². The molecule has 0 radical (unpaired) electrons. The summed E-state index contributed by atoms with van der Waals surface area (Å²) in [6.07, 6.45) is 3.67. The molecule has 2 N–H and O–H groups in total. The fraction of sp³-hybridized carbons (Fsp3) is 0.706. The first kappa shape index (κ1) is 17.0. The molecule has 0 aliphatic carbocycles. The summed E-state index contributed by atoms with van der Waals surface area (Å²) in [5.74, 6) is 0.969. The second-order valence-electron chi connectivity index (χ2n) is 6.60. The highest BCUT2D eigenvalue weighted by atomic mass is 16.3. The number of likely N-dealkylation sites (tertiary alicyclic amines) is 1. The maximum Gasteiger partial charge on any atom is 0.287 e. The van der Waals surface area contributed by atoms with Crippen molar-refractivity contribution < 1.29 is 9.21 Å². The van der Waals surface area contributed by atoms with Crippen molar-refractivity contribution in [3.05, 3.63) is 23.7 Å². The smallest absolute Gasteiger partial charge is 0.287 e. The highest BCUT2D eigenvalue weighted by Gasteiger charge is 2.28. The molecule has 1 aliphatic rings. The van der Waals surface area contributed by atoms with E-state index in [1.54, 1.807) is 12.3 Å². The summed E-state index contributed by atoms with van der Waals surface area (Å²) in [5.41, 5.74) is 0.879. The van der Waals surface area contributed by atoms with Crippen LogP contribution in [0.25, 0.3) is 0 Å². The van der Waals surface area contributed by atoms with Crippen LogP contribution in [0.15, 0.2) is 16.7 Å². The van der Waals surface area contributed by atoms with E-state index in [-0.39, 0.29) is 5.91 Å².